The van der Waals surface area contributed by atoms with Gasteiger partial charge >= 0.3 is 0 Å². The Morgan fingerprint density at radius 2 is 2.33 bits per heavy atom. The van der Waals surface area contributed by atoms with Crippen molar-refractivity contribution in [2.75, 3.05) is 5.32 Å². The van der Waals surface area contributed by atoms with Crippen molar-refractivity contribution in [3.63, 3.8) is 0 Å². The van der Waals surface area contributed by atoms with Crippen molar-refractivity contribution in [1.29, 1.82) is 0 Å². The van der Waals surface area contributed by atoms with Gasteiger partial charge in [-0.05, 0) is 25.1 Å². The number of amides is 1. The number of halogens is 1. The number of hydrogen-bond donors (Lipinski definition) is 3. The number of benzene rings is 1. The van der Waals surface area contributed by atoms with Gasteiger partial charge in [-0.25, -0.2) is 4.39 Å². The number of aromatic amines is 1. The maximum Gasteiger partial charge on any atom is 0.248 e. The van der Waals surface area contributed by atoms with Crippen LogP contribution in [0.2, 0.25) is 0 Å². The van der Waals surface area contributed by atoms with Gasteiger partial charge in [0.2, 0.25) is 5.91 Å². The fraction of sp³-hybridized carbons (Fsp3) is 0.167. The van der Waals surface area contributed by atoms with Gasteiger partial charge in [0, 0.05) is 23.4 Å². The smallest absolute Gasteiger partial charge is 0.248 e. The highest BCUT2D eigenvalue weighted by Gasteiger charge is 2.07. The Bertz CT molecular complexity index is 579. The summed E-state index contributed by atoms with van der Waals surface area (Å²) < 4.78 is 13.5. The number of nitrogens with two attached hydrogens (primary N) is 1. The lowest BCUT2D eigenvalue weighted by atomic mass is 10.1. The molecule has 2 aromatic rings. The van der Waals surface area contributed by atoms with E-state index in [1.54, 1.807) is 6.20 Å². The molecule has 1 heterocycles. The van der Waals surface area contributed by atoms with Crippen LogP contribution in [0.25, 0.3) is 0 Å². The third-order valence-corrected chi connectivity index (χ3v) is 2.65. The fourth-order valence-corrected chi connectivity index (χ4v) is 1.56. The molecule has 2 rings (SSSR count). The highest BCUT2D eigenvalue weighted by molar-refractivity contribution is 5.93. The molecular weight excluding hydrogens is 235 g/mol. The molecular formula is C12H13FN4O. The van der Waals surface area contributed by atoms with Crippen LogP contribution in [0.1, 0.15) is 21.6 Å². The second-order valence-corrected chi connectivity index (χ2v) is 3.93. The number of carbonyl (C=O) groups excluding carboxylic acids is 1. The molecule has 18 heavy (non-hydrogen) atoms. The molecule has 0 aliphatic rings. The molecule has 94 valence electrons. The van der Waals surface area contributed by atoms with Gasteiger partial charge in [0.15, 0.2) is 0 Å². The van der Waals surface area contributed by atoms with Gasteiger partial charge in [-0.2, -0.15) is 5.10 Å². The van der Waals surface area contributed by atoms with Crippen LogP contribution in [0.5, 0.6) is 0 Å². The highest BCUT2D eigenvalue weighted by Crippen LogP contribution is 2.17. The van der Waals surface area contributed by atoms with Gasteiger partial charge in [0.05, 0.1) is 11.9 Å². The zero-order chi connectivity index (χ0) is 13.1. The van der Waals surface area contributed by atoms with Gasteiger partial charge in [-0.3, -0.25) is 9.89 Å². The first-order valence-corrected chi connectivity index (χ1v) is 5.40. The molecule has 1 aromatic carbocycles. The molecule has 1 aromatic heterocycles. The molecule has 0 atom stereocenters. The minimum atomic E-state index is -0.586. The Hall–Kier alpha value is -2.37. The quantitative estimate of drug-likeness (QED) is 0.767. The number of primary amides is 1. The lowest BCUT2D eigenvalue weighted by Gasteiger charge is -2.08. The van der Waals surface area contributed by atoms with Crippen LogP contribution in [0.15, 0.2) is 24.4 Å². The van der Waals surface area contributed by atoms with Crippen LogP contribution >= 0.6 is 0 Å². The number of carbonyl (C=O) groups is 1. The van der Waals surface area contributed by atoms with Crippen LogP contribution in [0.3, 0.4) is 0 Å². The van der Waals surface area contributed by atoms with Crippen molar-refractivity contribution >= 4 is 11.6 Å². The fourth-order valence-electron chi connectivity index (χ4n) is 1.56. The van der Waals surface area contributed by atoms with Gasteiger partial charge < -0.3 is 11.1 Å². The summed E-state index contributed by atoms with van der Waals surface area (Å²) in [7, 11) is 0. The average Bonchev–Trinajstić information content (AvgIpc) is 2.73. The Kier molecular flexibility index (Phi) is 3.27. The van der Waals surface area contributed by atoms with Gasteiger partial charge in [0.25, 0.3) is 0 Å². The number of H-pyrrole nitrogens is 1. The SMILES string of the molecule is Cc1[nH]ncc1CNc1cc(C(N)=O)ccc1F. The predicted octanol–water partition coefficient (Wildman–Crippen LogP) is 1.57. The van der Waals surface area contributed by atoms with Gasteiger partial charge in [-0.1, -0.05) is 0 Å². The Balaban J connectivity index is 2.16. The van der Waals surface area contributed by atoms with E-state index in [4.69, 9.17) is 5.73 Å². The van der Waals surface area contributed by atoms with Crippen molar-refractivity contribution in [2.45, 2.75) is 13.5 Å². The van der Waals surface area contributed by atoms with Crippen LogP contribution in [-0.2, 0) is 6.54 Å². The molecule has 6 heteroatoms. The van der Waals surface area contributed by atoms with E-state index in [1.807, 2.05) is 6.92 Å². The Morgan fingerprint density at radius 1 is 1.56 bits per heavy atom. The minimum absolute atomic E-state index is 0.243. The van der Waals surface area contributed by atoms with E-state index < -0.39 is 11.7 Å². The Morgan fingerprint density at radius 3 is 2.94 bits per heavy atom. The number of nitrogens with one attached hydrogen (secondary N) is 2. The predicted molar refractivity (Wildman–Crippen MR) is 65.6 cm³/mol. The summed E-state index contributed by atoms with van der Waals surface area (Å²) in [5, 5.41) is 9.57. The molecule has 0 fully saturated rings. The summed E-state index contributed by atoms with van der Waals surface area (Å²) in [5.74, 6) is -1.02. The average molecular weight is 248 g/mol. The van der Waals surface area contributed by atoms with E-state index >= 15 is 0 Å². The molecule has 0 saturated heterocycles. The summed E-state index contributed by atoms with van der Waals surface area (Å²) in [6.07, 6.45) is 1.66. The van der Waals surface area contributed by atoms with E-state index in [-0.39, 0.29) is 11.3 Å². The normalized spacial score (nSPS) is 10.3. The maximum absolute atomic E-state index is 13.5. The van der Waals surface area contributed by atoms with Crippen molar-refractivity contribution < 1.29 is 9.18 Å². The molecule has 0 radical (unpaired) electrons. The summed E-state index contributed by atoms with van der Waals surface area (Å²) in [4.78, 5) is 11.0. The molecule has 0 unspecified atom stereocenters. The number of rotatable bonds is 4. The molecule has 0 bridgehead atoms. The third kappa shape index (κ3) is 2.48. The van der Waals surface area contributed by atoms with Crippen LogP contribution in [0.4, 0.5) is 10.1 Å². The third-order valence-electron chi connectivity index (χ3n) is 2.65. The van der Waals surface area contributed by atoms with Crippen LogP contribution in [-0.4, -0.2) is 16.1 Å². The number of anilines is 1. The molecule has 0 spiro atoms. The molecule has 4 N–H and O–H groups in total. The zero-order valence-electron chi connectivity index (χ0n) is 9.83. The number of hydrogen-bond acceptors (Lipinski definition) is 3. The monoisotopic (exact) mass is 248 g/mol. The van der Waals surface area contributed by atoms with Crippen molar-refractivity contribution in [3.8, 4) is 0 Å². The summed E-state index contributed by atoms with van der Waals surface area (Å²) in [6.45, 7) is 2.29. The summed E-state index contributed by atoms with van der Waals surface area (Å²) in [6, 6.07) is 3.96. The first-order chi connectivity index (χ1) is 8.58. The number of aromatic nitrogens is 2. The van der Waals surface area contributed by atoms with E-state index in [0.29, 0.717) is 6.54 Å². The summed E-state index contributed by atoms with van der Waals surface area (Å²) in [5.41, 5.74) is 7.49. The first-order valence-electron chi connectivity index (χ1n) is 5.40. The Labute approximate surface area is 103 Å². The second-order valence-electron chi connectivity index (χ2n) is 3.93. The molecule has 0 aliphatic heterocycles. The van der Waals surface area contributed by atoms with Crippen LogP contribution < -0.4 is 11.1 Å². The van der Waals surface area contributed by atoms with Gasteiger partial charge in [0.1, 0.15) is 5.82 Å². The lowest BCUT2D eigenvalue weighted by molar-refractivity contribution is 0.100. The van der Waals surface area contributed by atoms with Crippen molar-refractivity contribution in [1.82, 2.24) is 10.2 Å². The van der Waals surface area contributed by atoms with Gasteiger partial charge in [-0.15, -0.1) is 0 Å². The van der Waals surface area contributed by atoms with E-state index in [9.17, 15) is 9.18 Å². The lowest BCUT2D eigenvalue weighted by Crippen LogP contribution is -2.12. The largest absolute Gasteiger partial charge is 0.378 e. The molecule has 1 amide bonds. The van der Waals surface area contributed by atoms with Crippen molar-refractivity contribution in [2.24, 2.45) is 5.73 Å². The molecule has 0 aliphatic carbocycles. The standard InChI is InChI=1S/C12H13FN4O/c1-7-9(6-16-17-7)5-15-11-4-8(12(14)18)2-3-10(11)13/h2-4,6,15H,5H2,1H3,(H2,14,18)(H,16,17). The van der Waals surface area contributed by atoms with Crippen LogP contribution in [0, 0.1) is 12.7 Å². The zero-order valence-corrected chi connectivity index (χ0v) is 9.83. The highest BCUT2D eigenvalue weighted by atomic mass is 19.1. The topological polar surface area (TPSA) is 83.8 Å². The first kappa shape index (κ1) is 12.1. The molecule has 5 nitrogen and oxygen atoms in total. The molecule has 0 saturated carbocycles. The van der Waals surface area contributed by atoms with E-state index in [2.05, 4.69) is 15.5 Å². The number of nitrogens with zero attached hydrogens (tertiary/aromatic N) is 1. The second kappa shape index (κ2) is 4.87. The van der Waals surface area contributed by atoms with E-state index in [0.717, 1.165) is 11.3 Å². The summed E-state index contributed by atoms with van der Waals surface area (Å²) >= 11 is 0. The van der Waals surface area contributed by atoms with Crippen molar-refractivity contribution in [3.05, 3.63) is 47.0 Å². The maximum atomic E-state index is 13.5. The number of aryl methyl sites for hydroxylation is 1. The van der Waals surface area contributed by atoms with E-state index in [1.165, 1.54) is 18.2 Å². The minimum Gasteiger partial charge on any atom is -0.378 e.